The van der Waals surface area contributed by atoms with E-state index >= 15 is 0 Å². The fourth-order valence-corrected chi connectivity index (χ4v) is 10.1. The van der Waals surface area contributed by atoms with Gasteiger partial charge in [-0.15, -0.1) is 8.78 Å². The van der Waals surface area contributed by atoms with E-state index in [4.69, 9.17) is 28.9 Å². The van der Waals surface area contributed by atoms with Gasteiger partial charge in [0, 0.05) is 24.8 Å². The fourth-order valence-electron chi connectivity index (χ4n) is 10.1. The summed E-state index contributed by atoms with van der Waals surface area (Å²) in [5.74, 6) is 0.472. The van der Waals surface area contributed by atoms with Crippen LogP contribution in [0.4, 0.5) is 24.1 Å². The molecule has 4 aliphatic rings. The number of fused-ring (bicyclic) bond motifs is 3. The Balaban J connectivity index is 1.02. The highest BCUT2D eigenvalue weighted by Gasteiger charge is 2.45. The number of nitrogens with one attached hydrogen (secondary N) is 4. The summed E-state index contributed by atoms with van der Waals surface area (Å²) in [5, 5.41) is 5.40. The zero-order valence-corrected chi connectivity index (χ0v) is 37.7. The number of alkyl halides is 2. The molecular formula is C47H55F2N9O8. The van der Waals surface area contributed by atoms with Gasteiger partial charge in [-0.25, -0.2) is 19.6 Å². The molecule has 0 radical (unpaired) electrons. The SMILES string of the molecule is COC(=O)N[C@H](C(=O)N1CCC[C@H]1c1nc2ccc(C3CC[C@H](c4ccc5nc([C@@H]6CCCN6C(=O)[C@@H](NC(=O)OC)C(C)C)[nH]c5c4)N3c3ccc4c(c3)OC(F)(F)O4)cc2[nH]1)C(C)C. The van der Waals surface area contributed by atoms with Gasteiger partial charge >= 0.3 is 18.5 Å². The van der Waals surface area contributed by atoms with Crippen LogP contribution in [0.25, 0.3) is 22.1 Å². The van der Waals surface area contributed by atoms with Gasteiger partial charge in [0.05, 0.1) is 60.5 Å². The Kier molecular flexibility index (Phi) is 11.9. The molecule has 0 spiro atoms. The molecule has 6 atom stereocenters. The molecule has 0 saturated carbocycles. The minimum Gasteiger partial charge on any atom is -0.453 e. The van der Waals surface area contributed by atoms with Gasteiger partial charge in [0.25, 0.3) is 0 Å². The molecule has 2 aromatic heterocycles. The van der Waals surface area contributed by atoms with Crippen molar-refractivity contribution < 1.29 is 46.9 Å². The molecule has 1 unspecified atom stereocenters. The normalized spacial score (nSPS) is 22.1. The zero-order chi connectivity index (χ0) is 46.6. The first-order valence-electron chi connectivity index (χ1n) is 22.6. The standard InChI is InChI=1S/C47H55F2N9O8/c1-24(2)39(54-45(61)63-5)43(59)56-19-7-9-35(56)41-50-29-14-11-26(21-31(29)52-41)33-16-17-34(58(33)28-13-18-37-38(23-28)66-47(48,49)65-37)27-12-15-30-32(22-27)53-42(51-30)36-10-8-20-57(36)44(60)40(25(3)4)55-46(62)64-6/h11-15,18,21-25,33-36,39-40H,7-10,16-17,19-20H2,1-6H3,(H,50,52)(H,51,53)(H,54,61)(H,55,62)/t33-,34?,35+,36+,39+,40+/m1/s1. The largest absolute Gasteiger partial charge is 0.586 e. The average Bonchev–Trinajstić information content (AvgIpc) is 4.15. The van der Waals surface area contributed by atoms with Crippen molar-refractivity contribution in [3.63, 3.8) is 0 Å². The molecule has 4 amide bonds. The minimum atomic E-state index is -3.78. The van der Waals surface area contributed by atoms with Crippen LogP contribution in [-0.4, -0.2) is 99.4 Å². The fraction of sp³-hybridized carbons (Fsp3) is 0.489. The predicted octanol–water partition coefficient (Wildman–Crippen LogP) is 7.93. The van der Waals surface area contributed by atoms with Gasteiger partial charge in [0.15, 0.2) is 11.5 Å². The highest BCUT2D eigenvalue weighted by Crippen LogP contribution is 2.51. The van der Waals surface area contributed by atoms with Crippen molar-refractivity contribution in [2.75, 3.05) is 32.2 Å². The molecule has 9 rings (SSSR count). The second kappa shape index (κ2) is 17.6. The number of H-pyrrole nitrogens is 2. The highest BCUT2D eigenvalue weighted by molar-refractivity contribution is 5.87. The molecule has 3 saturated heterocycles. The second-order valence-corrected chi connectivity index (χ2v) is 18.2. The van der Waals surface area contributed by atoms with E-state index in [2.05, 4.69) is 37.6 Å². The van der Waals surface area contributed by atoms with E-state index in [1.165, 1.54) is 20.3 Å². The molecule has 0 aliphatic carbocycles. The summed E-state index contributed by atoms with van der Waals surface area (Å²) in [6.45, 7) is 8.55. The Morgan fingerprint density at radius 1 is 0.667 bits per heavy atom. The molecule has 4 N–H and O–H groups in total. The van der Waals surface area contributed by atoms with Crippen LogP contribution < -0.4 is 25.0 Å². The third-order valence-corrected chi connectivity index (χ3v) is 13.4. The Hall–Kier alpha value is -6.66. The lowest BCUT2D eigenvalue weighted by Crippen LogP contribution is -2.51. The molecule has 6 heterocycles. The first-order chi connectivity index (χ1) is 31.6. The monoisotopic (exact) mass is 911 g/mol. The van der Waals surface area contributed by atoms with Crippen molar-refractivity contribution >= 4 is 51.8 Å². The lowest BCUT2D eigenvalue weighted by Gasteiger charge is -2.33. The number of aromatic nitrogens is 4. The van der Waals surface area contributed by atoms with E-state index in [0.29, 0.717) is 43.3 Å². The Labute approximate surface area is 379 Å². The van der Waals surface area contributed by atoms with Gasteiger partial charge in [-0.3, -0.25) is 9.59 Å². The number of carbonyl (C=O) groups excluding carboxylic acids is 4. The van der Waals surface area contributed by atoms with E-state index in [1.54, 1.807) is 21.9 Å². The number of nitrogens with zero attached hydrogens (tertiary/aromatic N) is 5. The number of imidazole rings is 2. The maximum absolute atomic E-state index is 14.3. The molecule has 17 nitrogen and oxygen atoms in total. The summed E-state index contributed by atoms with van der Waals surface area (Å²) in [6.07, 6.45) is -0.706. The molecule has 66 heavy (non-hydrogen) atoms. The number of hydrogen-bond acceptors (Lipinski definition) is 11. The number of benzene rings is 3. The number of rotatable bonds is 11. The number of amides is 4. The van der Waals surface area contributed by atoms with Crippen LogP contribution in [0.2, 0.25) is 0 Å². The third kappa shape index (κ3) is 8.38. The molecule has 0 bridgehead atoms. The second-order valence-electron chi connectivity index (χ2n) is 18.2. The summed E-state index contributed by atoms with van der Waals surface area (Å²) >= 11 is 0. The number of hydrogen-bond donors (Lipinski definition) is 4. The average molecular weight is 912 g/mol. The Morgan fingerprint density at radius 3 is 1.59 bits per heavy atom. The highest BCUT2D eigenvalue weighted by atomic mass is 19.3. The quantitative estimate of drug-likeness (QED) is 0.100. The number of halogens is 2. The van der Waals surface area contributed by atoms with Crippen LogP contribution in [-0.2, 0) is 19.1 Å². The number of anilines is 1. The van der Waals surface area contributed by atoms with E-state index in [0.717, 1.165) is 58.9 Å². The number of ether oxygens (including phenoxy) is 4. The van der Waals surface area contributed by atoms with Gasteiger partial charge in [0.2, 0.25) is 11.8 Å². The van der Waals surface area contributed by atoms with Crippen LogP contribution in [0.3, 0.4) is 0 Å². The number of methoxy groups -OCH3 is 2. The number of likely N-dealkylation sites (tertiary alicyclic amines) is 2. The summed E-state index contributed by atoms with van der Waals surface area (Å²) in [6, 6.07) is 14.4. The third-order valence-electron chi connectivity index (χ3n) is 13.4. The molecule has 350 valence electrons. The Morgan fingerprint density at radius 2 is 1.14 bits per heavy atom. The van der Waals surface area contributed by atoms with Crippen molar-refractivity contribution in [1.82, 2.24) is 40.4 Å². The minimum absolute atomic E-state index is 0.0469. The molecular weight excluding hydrogens is 857 g/mol. The van der Waals surface area contributed by atoms with Crippen molar-refractivity contribution in [2.45, 2.75) is 109 Å². The van der Waals surface area contributed by atoms with Crippen LogP contribution in [0, 0.1) is 11.8 Å². The van der Waals surface area contributed by atoms with Crippen LogP contribution in [0.5, 0.6) is 11.5 Å². The summed E-state index contributed by atoms with van der Waals surface area (Å²) in [7, 11) is 2.54. The van der Waals surface area contributed by atoms with Crippen LogP contribution in [0.15, 0.2) is 54.6 Å². The van der Waals surface area contributed by atoms with E-state index in [1.807, 2.05) is 52.0 Å². The van der Waals surface area contributed by atoms with Gasteiger partial charge in [-0.05, 0) is 97.9 Å². The van der Waals surface area contributed by atoms with Gasteiger partial charge in [0.1, 0.15) is 23.7 Å². The van der Waals surface area contributed by atoms with Gasteiger partial charge < -0.3 is 54.2 Å². The zero-order valence-electron chi connectivity index (χ0n) is 37.7. The maximum Gasteiger partial charge on any atom is 0.586 e. The molecule has 5 aromatic rings. The molecule has 4 aliphatic heterocycles. The summed E-state index contributed by atoms with van der Waals surface area (Å²) < 4.78 is 47.9. The van der Waals surface area contributed by atoms with Crippen LogP contribution in [0.1, 0.15) is 113 Å². The van der Waals surface area contributed by atoms with E-state index < -0.39 is 30.6 Å². The van der Waals surface area contributed by atoms with Crippen molar-refractivity contribution in [2.24, 2.45) is 11.8 Å². The van der Waals surface area contributed by atoms with E-state index in [-0.39, 0.29) is 59.3 Å². The number of carbonyl (C=O) groups is 4. The maximum atomic E-state index is 14.3. The predicted molar refractivity (Wildman–Crippen MR) is 238 cm³/mol. The lowest BCUT2D eigenvalue weighted by molar-refractivity contribution is -0.286. The topological polar surface area (TPSA) is 196 Å². The molecule has 3 fully saturated rings. The van der Waals surface area contributed by atoms with E-state index in [9.17, 15) is 28.0 Å². The van der Waals surface area contributed by atoms with Crippen molar-refractivity contribution in [3.8, 4) is 11.5 Å². The first-order valence-corrected chi connectivity index (χ1v) is 22.6. The van der Waals surface area contributed by atoms with Crippen LogP contribution >= 0.6 is 0 Å². The smallest absolute Gasteiger partial charge is 0.453 e. The molecule has 19 heteroatoms. The summed E-state index contributed by atoms with van der Waals surface area (Å²) in [5.41, 5.74) is 5.65. The molecule has 3 aromatic carbocycles. The summed E-state index contributed by atoms with van der Waals surface area (Å²) in [4.78, 5) is 74.7. The number of aromatic amines is 2. The first kappa shape index (κ1) is 44.5. The Bertz CT molecular complexity index is 2520. The van der Waals surface area contributed by atoms with Crippen molar-refractivity contribution in [1.29, 1.82) is 0 Å². The van der Waals surface area contributed by atoms with Gasteiger partial charge in [-0.1, -0.05) is 39.8 Å². The van der Waals surface area contributed by atoms with Crippen molar-refractivity contribution in [3.05, 3.63) is 77.4 Å². The number of alkyl carbamates (subject to hydrolysis) is 2. The van der Waals surface area contributed by atoms with Gasteiger partial charge in [-0.2, -0.15) is 0 Å². The lowest BCUT2D eigenvalue weighted by atomic mass is 10.0.